The number of aliphatic hydroxyl groups excluding tert-OH is 1. The summed E-state index contributed by atoms with van der Waals surface area (Å²) >= 11 is 0. The van der Waals surface area contributed by atoms with Gasteiger partial charge in [0.1, 0.15) is 0 Å². The van der Waals surface area contributed by atoms with Gasteiger partial charge in [-0.2, -0.15) is 0 Å². The van der Waals surface area contributed by atoms with Crippen LogP contribution in [0.2, 0.25) is 0 Å². The highest BCUT2D eigenvalue weighted by Gasteiger charge is 2.42. The molecule has 21 heavy (non-hydrogen) atoms. The van der Waals surface area contributed by atoms with Crippen LogP contribution in [0.4, 0.5) is 0 Å². The number of methoxy groups -OCH3 is 1. The molecule has 0 spiro atoms. The number of nitrogens with one attached hydrogen (secondary N) is 1. The van der Waals surface area contributed by atoms with Gasteiger partial charge in [-0.1, -0.05) is 6.42 Å². The van der Waals surface area contributed by atoms with Crippen molar-refractivity contribution >= 4 is 16.0 Å². The van der Waals surface area contributed by atoms with Gasteiger partial charge in [-0.3, -0.25) is 4.79 Å². The summed E-state index contributed by atoms with van der Waals surface area (Å²) in [6, 6.07) is 0. The molecule has 2 fully saturated rings. The Morgan fingerprint density at radius 2 is 1.86 bits per heavy atom. The summed E-state index contributed by atoms with van der Waals surface area (Å²) in [5, 5.41) is 8.79. The number of sulfonamides is 1. The zero-order chi connectivity index (χ0) is 15.5. The van der Waals surface area contributed by atoms with Gasteiger partial charge in [0.05, 0.1) is 24.4 Å². The molecular weight excluding hydrogens is 294 g/mol. The first kappa shape index (κ1) is 16.7. The molecule has 0 amide bonds. The maximum absolute atomic E-state index is 12.4. The second kappa shape index (κ2) is 7.07. The van der Waals surface area contributed by atoms with Crippen LogP contribution in [0.15, 0.2) is 0 Å². The van der Waals surface area contributed by atoms with E-state index in [1.807, 2.05) is 0 Å². The summed E-state index contributed by atoms with van der Waals surface area (Å²) in [4.78, 5) is 11.7. The molecule has 122 valence electrons. The van der Waals surface area contributed by atoms with Crippen molar-refractivity contribution in [3.63, 3.8) is 0 Å². The molecule has 2 aliphatic carbocycles. The lowest BCUT2D eigenvalue weighted by molar-refractivity contribution is -0.145. The Labute approximate surface area is 126 Å². The van der Waals surface area contributed by atoms with E-state index in [1.165, 1.54) is 7.11 Å². The Hall–Kier alpha value is -0.660. The van der Waals surface area contributed by atoms with Gasteiger partial charge in [0.25, 0.3) is 0 Å². The SMILES string of the molecule is COC(=O)C1CCCC1S(=O)(=O)NCC1CCC(O)CC1. The fourth-order valence-corrected chi connectivity index (χ4v) is 5.25. The van der Waals surface area contributed by atoms with Crippen LogP contribution in [0.5, 0.6) is 0 Å². The van der Waals surface area contributed by atoms with Gasteiger partial charge >= 0.3 is 5.97 Å². The molecule has 2 rings (SSSR count). The van der Waals surface area contributed by atoms with E-state index in [-0.39, 0.29) is 12.0 Å². The molecule has 2 saturated carbocycles. The highest BCUT2D eigenvalue weighted by Crippen LogP contribution is 2.32. The van der Waals surface area contributed by atoms with Crippen LogP contribution < -0.4 is 4.72 Å². The maximum atomic E-state index is 12.4. The molecule has 7 heteroatoms. The molecule has 0 bridgehead atoms. The predicted octanol–water partition coefficient (Wildman–Crippen LogP) is 0.799. The summed E-state index contributed by atoms with van der Waals surface area (Å²) in [5.74, 6) is -0.689. The predicted molar refractivity (Wildman–Crippen MR) is 78.0 cm³/mol. The van der Waals surface area contributed by atoms with Gasteiger partial charge in [-0.25, -0.2) is 13.1 Å². The van der Waals surface area contributed by atoms with Gasteiger partial charge < -0.3 is 9.84 Å². The Morgan fingerprint density at radius 3 is 2.48 bits per heavy atom. The fraction of sp³-hybridized carbons (Fsp3) is 0.929. The van der Waals surface area contributed by atoms with Crippen LogP contribution in [-0.2, 0) is 19.6 Å². The lowest BCUT2D eigenvalue weighted by atomic mass is 9.88. The molecule has 0 aliphatic heterocycles. The highest BCUT2D eigenvalue weighted by molar-refractivity contribution is 7.90. The van der Waals surface area contributed by atoms with Crippen LogP contribution in [-0.4, -0.2) is 44.5 Å². The van der Waals surface area contributed by atoms with Gasteiger partial charge in [0.2, 0.25) is 10.0 Å². The Kier molecular flexibility index (Phi) is 5.62. The van der Waals surface area contributed by atoms with E-state index in [0.717, 1.165) is 32.1 Å². The summed E-state index contributed by atoms with van der Waals surface area (Å²) in [5.41, 5.74) is 0. The van der Waals surface area contributed by atoms with E-state index in [9.17, 15) is 18.3 Å². The zero-order valence-corrected chi connectivity index (χ0v) is 13.3. The smallest absolute Gasteiger partial charge is 0.310 e. The molecule has 0 aromatic carbocycles. The van der Waals surface area contributed by atoms with E-state index in [1.54, 1.807) is 0 Å². The Bertz CT molecular complexity index is 456. The van der Waals surface area contributed by atoms with Crippen molar-refractivity contribution in [3.8, 4) is 0 Å². The fourth-order valence-electron chi connectivity index (χ4n) is 3.41. The summed E-state index contributed by atoms with van der Waals surface area (Å²) in [6.07, 6.45) is 4.74. The van der Waals surface area contributed by atoms with Crippen molar-refractivity contribution < 1.29 is 23.1 Å². The molecule has 2 N–H and O–H groups in total. The molecule has 2 unspecified atom stereocenters. The molecule has 6 nitrogen and oxygen atoms in total. The van der Waals surface area contributed by atoms with E-state index in [2.05, 4.69) is 4.72 Å². The largest absolute Gasteiger partial charge is 0.469 e. The van der Waals surface area contributed by atoms with Crippen molar-refractivity contribution in [3.05, 3.63) is 0 Å². The molecule has 2 atom stereocenters. The minimum absolute atomic E-state index is 0.239. The van der Waals surface area contributed by atoms with Crippen molar-refractivity contribution in [2.75, 3.05) is 13.7 Å². The van der Waals surface area contributed by atoms with E-state index < -0.39 is 27.2 Å². The molecule has 0 radical (unpaired) electrons. The number of hydrogen-bond donors (Lipinski definition) is 2. The van der Waals surface area contributed by atoms with Crippen molar-refractivity contribution in [1.82, 2.24) is 4.72 Å². The minimum Gasteiger partial charge on any atom is -0.469 e. The summed E-state index contributed by atoms with van der Waals surface area (Å²) in [6.45, 7) is 0.402. The van der Waals surface area contributed by atoms with Gasteiger partial charge in [0, 0.05) is 6.54 Å². The second-order valence-corrected chi connectivity index (χ2v) is 8.15. The van der Waals surface area contributed by atoms with E-state index >= 15 is 0 Å². The van der Waals surface area contributed by atoms with Crippen LogP contribution in [0.3, 0.4) is 0 Å². The third-order valence-electron chi connectivity index (χ3n) is 4.74. The number of carbonyl (C=O) groups is 1. The standard InChI is InChI=1S/C14H25NO5S/c1-20-14(17)12-3-2-4-13(12)21(18,19)15-9-10-5-7-11(16)8-6-10/h10-13,15-16H,2-9H2,1H3. The molecule has 0 aromatic heterocycles. The number of carbonyl (C=O) groups excluding carboxylic acids is 1. The topological polar surface area (TPSA) is 92.7 Å². The van der Waals surface area contributed by atoms with Crippen molar-refractivity contribution in [1.29, 1.82) is 0 Å². The number of ether oxygens (including phenoxy) is 1. The molecule has 2 aliphatic rings. The van der Waals surface area contributed by atoms with E-state index in [4.69, 9.17) is 4.74 Å². The Balaban J connectivity index is 1.90. The normalized spacial score (nSPS) is 33.8. The first-order chi connectivity index (χ1) is 9.94. The number of rotatable bonds is 5. The number of hydrogen-bond acceptors (Lipinski definition) is 5. The highest BCUT2D eigenvalue weighted by atomic mass is 32.2. The lowest BCUT2D eigenvalue weighted by Gasteiger charge is -2.26. The van der Waals surface area contributed by atoms with Crippen LogP contribution in [0, 0.1) is 11.8 Å². The first-order valence-electron chi connectivity index (χ1n) is 7.68. The second-order valence-electron chi connectivity index (χ2n) is 6.17. The zero-order valence-electron chi connectivity index (χ0n) is 12.5. The van der Waals surface area contributed by atoms with Gasteiger partial charge in [-0.05, 0) is 44.4 Å². The van der Waals surface area contributed by atoms with Crippen LogP contribution in [0.25, 0.3) is 0 Å². The summed E-state index contributed by atoms with van der Waals surface area (Å²) in [7, 11) is -2.19. The lowest BCUT2D eigenvalue weighted by Crippen LogP contribution is -2.41. The third-order valence-corrected chi connectivity index (χ3v) is 6.67. The maximum Gasteiger partial charge on any atom is 0.310 e. The number of esters is 1. The van der Waals surface area contributed by atoms with Gasteiger partial charge in [0.15, 0.2) is 0 Å². The van der Waals surface area contributed by atoms with Gasteiger partial charge in [-0.15, -0.1) is 0 Å². The van der Waals surface area contributed by atoms with Crippen molar-refractivity contribution in [2.24, 2.45) is 11.8 Å². The third kappa shape index (κ3) is 4.17. The first-order valence-corrected chi connectivity index (χ1v) is 9.23. The average Bonchev–Trinajstić information content (AvgIpc) is 2.96. The quantitative estimate of drug-likeness (QED) is 0.731. The molecule has 0 heterocycles. The Morgan fingerprint density at radius 1 is 1.19 bits per heavy atom. The average molecular weight is 319 g/mol. The van der Waals surface area contributed by atoms with E-state index in [0.29, 0.717) is 19.4 Å². The monoisotopic (exact) mass is 319 g/mol. The molecule has 0 aromatic rings. The summed E-state index contributed by atoms with van der Waals surface area (Å²) < 4.78 is 32.2. The minimum atomic E-state index is -3.49. The molecule has 0 saturated heterocycles. The van der Waals surface area contributed by atoms with Crippen LogP contribution >= 0.6 is 0 Å². The van der Waals surface area contributed by atoms with Crippen molar-refractivity contribution in [2.45, 2.75) is 56.3 Å². The molecular formula is C14H25NO5S. The van der Waals surface area contributed by atoms with Crippen LogP contribution in [0.1, 0.15) is 44.9 Å². The number of aliphatic hydroxyl groups is 1.